The number of aryl methyl sites for hydroxylation is 1. The first-order valence-electron chi connectivity index (χ1n) is 8.26. The van der Waals surface area contributed by atoms with Gasteiger partial charge < -0.3 is 19.3 Å². The maximum absolute atomic E-state index is 11.8. The van der Waals surface area contributed by atoms with Gasteiger partial charge in [0.2, 0.25) is 5.95 Å². The number of para-hydroxylation sites is 3. The topological polar surface area (TPSA) is 67.6 Å². The van der Waals surface area contributed by atoms with Crippen molar-refractivity contribution in [2.24, 2.45) is 7.05 Å². The molecule has 0 spiro atoms. The maximum atomic E-state index is 11.8. The number of carboxylic acids is 1. The molecule has 3 aromatic rings. The summed E-state index contributed by atoms with van der Waals surface area (Å²) in [6.07, 6.45) is 0.233. The van der Waals surface area contributed by atoms with Crippen LogP contribution >= 0.6 is 0 Å². The lowest BCUT2D eigenvalue weighted by molar-refractivity contribution is -0.138. The molecule has 2 atom stereocenters. The maximum Gasteiger partial charge on any atom is 0.326 e. The standard InChI is InChI=1S/C19H19N3O3/c1-21-16-10-6-5-9-15(16)20-19(21)22-12-14(11-17(22)18(23)24)25-13-7-3-2-4-8-13/h2-10,14,17H,11-12H2,1H3,(H,23,24)/t14-,17-/m0/s1. The SMILES string of the molecule is Cn1c(N2C[C@@H](Oc3ccccc3)C[C@H]2C(=O)O)nc2ccccc21. The second-order valence-corrected chi connectivity index (χ2v) is 6.25. The molecule has 1 fully saturated rings. The Bertz CT molecular complexity index is 907. The highest BCUT2D eigenvalue weighted by molar-refractivity contribution is 5.82. The summed E-state index contributed by atoms with van der Waals surface area (Å²) in [5.74, 6) is 0.558. The number of rotatable bonds is 4. The molecule has 0 unspecified atom stereocenters. The highest BCUT2D eigenvalue weighted by Crippen LogP contribution is 2.30. The summed E-state index contributed by atoms with van der Waals surface area (Å²) >= 11 is 0. The van der Waals surface area contributed by atoms with Crippen LogP contribution in [0.4, 0.5) is 5.95 Å². The normalized spacial score (nSPS) is 20.1. The molecular weight excluding hydrogens is 318 g/mol. The van der Waals surface area contributed by atoms with Crippen molar-refractivity contribution in [2.75, 3.05) is 11.4 Å². The predicted octanol–water partition coefficient (Wildman–Crippen LogP) is 2.68. The fourth-order valence-corrected chi connectivity index (χ4v) is 3.42. The third-order valence-electron chi connectivity index (χ3n) is 4.61. The van der Waals surface area contributed by atoms with Gasteiger partial charge in [0, 0.05) is 13.5 Å². The lowest BCUT2D eigenvalue weighted by Crippen LogP contribution is -2.37. The summed E-state index contributed by atoms with van der Waals surface area (Å²) in [5.41, 5.74) is 1.84. The zero-order valence-electron chi connectivity index (χ0n) is 13.9. The van der Waals surface area contributed by atoms with Gasteiger partial charge in [-0.3, -0.25) is 0 Å². The van der Waals surface area contributed by atoms with Gasteiger partial charge >= 0.3 is 5.97 Å². The van der Waals surface area contributed by atoms with E-state index in [-0.39, 0.29) is 6.10 Å². The Morgan fingerprint density at radius 2 is 1.88 bits per heavy atom. The molecule has 2 heterocycles. The molecule has 0 aliphatic carbocycles. The lowest BCUT2D eigenvalue weighted by atomic mass is 10.2. The number of carbonyl (C=O) groups is 1. The van der Waals surface area contributed by atoms with Crippen LogP contribution in [0.15, 0.2) is 54.6 Å². The predicted molar refractivity (Wildman–Crippen MR) is 95.0 cm³/mol. The fourth-order valence-electron chi connectivity index (χ4n) is 3.42. The van der Waals surface area contributed by atoms with E-state index >= 15 is 0 Å². The number of carboxylic acid groups (broad SMARTS) is 1. The van der Waals surface area contributed by atoms with Crippen LogP contribution in [0, 0.1) is 0 Å². The van der Waals surface area contributed by atoms with E-state index in [1.807, 2.05) is 71.1 Å². The molecule has 0 amide bonds. The van der Waals surface area contributed by atoms with Gasteiger partial charge in [-0.2, -0.15) is 0 Å². The monoisotopic (exact) mass is 337 g/mol. The smallest absolute Gasteiger partial charge is 0.326 e. The first-order valence-corrected chi connectivity index (χ1v) is 8.26. The quantitative estimate of drug-likeness (QED) is 0.793. The van der Waals surface area contributed by atoms with Gasteiger partial charge in [-0.05, 0) is 24.3 Å². The summed E-state index contributed by atoms with van der Waals surface area (Å²) in [7, 11) is 1.91. The van der Waals surface area contributed by atoms with Crippen LogP contribution in [0.3, 0.4) is 0 Å². The average Bonchev–Trinajstić information content (AvgIpc) is 3.18. The number of imidazole rings is 1. The van der Waals surface area contributed by atoms with Crippen LogP contribution in [0.2, 0.25) is 0 Å². The van der Waals surface area contributed by atoms with Crippen molar-refractivity contribution in [3.63, 3.8) is 0 Å². The molecule has 2 aromatic carbocycles. The Balaban J connectivity index is 1.64. The molecule has 1 aliphatic heterocycles. The molecule has 1 aromatic heterocycles. The Morgan fingerprint density at radius 3 is 2.60 bits per heavy atom. The fraction of sp³-hybridized carbons (Fsp3) is 0.263. The van der Waals surface area contributed by atoms with Crippen molar-refractivity contribution >= 4 is 23.0 Å². The minimum atomic E-state index is -0.855. The molecule has 6 heteroatoms. The van der Waals surface area contributed by atoms with E-state index in [2.05, 4.69) is 4.98 Å². The minimum Gasteiger partial charge on any atom is -0.488 e. The number of fused-ring (bicyclic) bond motifs is 1. The third-order valence-corrected chi connectivity index (χ3v) is 4.61. The third kappa shape index (κ3) is 2.80. The van der Waals surface area contributed by atoms with Crippen LogP contribution in [-0.2, 0) is 11.8 Å². The number of hydrogen-bond donors (Lipinski definition) is 1. The summed E-state index contributed by atoms with van der Waals surface area (Å²) in [5, 5.41) is 9.66. The highest BCUT2D eigenvalue weighted by Gasteiger charge is 2.40. The molecule has 0 bridgehead atoms. The lowest BCUT2D eigenvalue weighted by Gasteiger charge is -2.22. The minimum absolute atomic E-state index is 0.191. The number of aliphatic carboxylic acids is 1. The zero-order chi connectivity index (χ0) is 17.4. The van der Waals surface area contributed by atoms with E-state index in [1.165, 1.54) is 0 Å². The van der Waals surface area contributed by atoms with Gasteiger partial charge in [0.15, 0.2) is 0 Å². The number of aromatic nitrogens is 2. The molecule has 25 heavy (non-hydrogen) atoms. The van der Waals surface area contributed by atoms with E-state index in [4.69, 9.17) is 4.74 Å². The molecule has 6 nitrogen and oxygen atoms in total. The van der Waals surface area contributed by atoms with Crippen molar-refractivity contribution in [3.8, 4) is 5.75 Å². The van der Waals surface area contributed by atoms with E-state index in [9.17, 15) is 9.90 Å². The van der Waals surface area contributed by atoms with Gasteiger partial charge in [0.05, 0.1) is 17.6 Å². The Hall–Kier alpha value is -3.02. The number of hydrogen-bond acceptors (Lipinski definition) is 4. The second kappa shape index (κ2) is 6.12. The molecule has 1 saturated heterocycles. The summed E-state index contributed by atoms with van der Waals surface area (Å²) in [4.78, 5) is 18.2. The van der Waals surface area contributed by atoms with Crippen molar-refractivity contribution in [1.29, 1.82) is 0 Å². The average molecular weight is 337 g/mol. The number of nitrogens with zero attached hydrogens (tertiary/aromatic N) is 3. The van der Waals surface area contributed by atoms with Crippen LogP contribution in [0.5, 0.6) is 5.75 Å². The van der Waals surface area contributed by atoms with Gasteiger partial charge in [-0.1, -0.05) is 30.3 Å². The zero-order valence-corrected chi connectivity index (χ0v) is 13.9. The van der Waals surface area contributed by atoms with E-state index < -0.39 is 12.0 Å². The molecule has 0 radical (unpaired) electrons. The molecule has 0 saturated carbocycles. The number of ether oxygens (including phenoxy) is 1. The van der Waals surface area contributed by atoms with Crippen LogP contribution < -0.4 is 9.64 Å². The summed E-state index contributed by atoms with van der Waals surface area (Å²) in [6, 6.07) is 16.6. The van der Waals surface area contributed by atoms with Crippen molar-refractivity contribution in [1.82, 2.24) is 9.55 Å². The van der Waals surface area contributed by atoms with Crippen LogP contribution in [0.1, 0.15) is 6.42 Å². The molecule has 4 rings (SSSR count). The van der Waals surface area contributed by atoms with E-state index in [0.29, 0.717) is 18.9 Å². The first kappa shape index (κ1) is 15.5. The van der Waals surface area contributed by atoms with Gasteiger partial charge in [0.1, 0.15) is 17.9 Å². The molecular formula is C19H19N3O3. The molecule has 128 valence electrons. The largest absolute Gasteiger partial charge is 0.488 e. The van der Waals surface area contributed by atoms with Crippen LogP contribution in [-0.4, -0.2) is 39.3 Å². The Kier molecular flexibility index (Phi) is 3.80. The number of benzene rings is 2. The second-order valence-electron chi connectivity index (χ2n) is 6.25. The number of anilines is 1. The van der Waals surface area contributed by atoms with E-state index in [1.54, 1.807) is 0 Å². The van der Waals surface area contributed by atoms with Crippen molar-refractivity contribution in [2.45, 2.75) is 18.6 Å². The molecule has 1 aliphatic rings. The van der Waals surface area contributed by atoms with E-state index in [0.717, 1.165) is 16.8 Å². The van der Waals surface area contributed by atoms with Crippen LogP contribution in [0.25, 0.3) is 11.0 Å². The first-order chi connectivity index (χ1) is 12.1. The summed E-state index contributed by atoms with van der Waals surface area (Å²) in [6.45, 7) is 0.489. The Morgan fingerprint density at radius 1 is 1.16 bits per heavy atom. The van der Waals surface area contributed by atoms with Gasteiger partial charge in [-0.15, -0.1) is 0 Å². The van der Waals surface area contributed by atoms with Crippen molar-refractivity contribution in [3.05, 3.63) is 54.6 Å². The Labute approximate surface area is 145 Å². The molecule has 1 N–H and O–H groups in total. The van der Waals surface area contributed by atoms with Gasteiger partial charge in [-0.25, -0.2) is 9.78 Å². The highest BCUT2D eigenvalue weighted by atomic mass is 16.5. The summed E-state index contributed by atoms with van der Waals surface area (Å²) < 4.78 is 7.92. The van der Waals surface area contributed by atoms with Gasteiger partial charge in [0.25, 0.3) is 0 Å². The van der Waals surface area contributed by atoms with Crippen molar-refractivity contribution < 1.29 is 14.6 Å².